The van der Waals surface area contributed by atoms with E-state index in [1.165, 1.54) is 0 Å². The number of pyridine rings is 1. The Hall–Kier alpha value is -1.92. The van der Waals surface area contributed by atoms with Crippen molar-refractivity contribution in [3.63, 3.8) is 0 Å². The van der Waals surface area contributed by atoms with Crippen LogP contribution in [0.4, 0.5) is 5.69 Å². The molecule has 112 valence electrons. The number of benzene rings is 1. The van der Waals surface area contributed by atoms with Crippen LogP contribution in [-0.2, 0) is 16.6 Å². The quantitative estimate of drug-likeness (QED) is 0.888. The molecule has 6 heteroatoms. The Balaban J connectivity index is 2.28. The fourth-order valence-corrected chi connectivity index (χ4v) is 3.71. The van der Waals surface area contributed by atoms with Crippen molar-refractivity contribution in [2.75, 3.05) is 12.4 Å². The minimum Gasteiger partial charge on any atom is -0.388 e. The highest BCUT2D eigenvalue weighted by atomic mass is 32.2. The molecule has 2 aromatic rings. The Morgan fingerprint density at radius 3 is 2.33 bits per heavy atom. The lowest BCUT2D eigenvalue weighted by Gasteiger charge is -2.14. The summed E-state index contributed by atoms with van der Waals surface area (Å²) in [5.74, 6) is 0. The van der Waals surface area contributed by atoms with Gasteiger partial charge in [0.1, 0.15) is 0 Å². The van der Waals surface area contributed by atoms with Gasteiger partial charge in [0, 0.05) is 18.9 Å². The van der Waals surface area contributed by atoms with Crippen molar-refractivity contribution in [2.45, 2.75) is 25.3 Å². The van der Waals surface area contributed by atoms with Crippen molar-refractivity contribution >= 4 is 15.7 Å². The van der Waals surface area contributed by atoms with Gasteiger partial charge < -0.3 is 5.32 Å². The van der Waals surface area contributed by atoms with Crippen molar-refractivity contribution in [3.05, 3.63) is 53.3 Å². The van der Waals surface area contributed by atoms with Gasteiger partial charge in [-0.3, -0.25) is 4.98 Å². The zero-order chi connectivity index (χ0) is 15.5. The van der Waals surface area contributed by atoms with Crippen molar-refractivity contribution in [3.8, 4) is 0 Å². The third-order valence-electron chi connectivity index (χ3n) is 3.19. The fraction of sp³-hybridized carbons (Fsp3) is 0.267. The first kappa shape index (κ1) is 15.5. The molecular weight excluding hydrogens is 286 g/mol. The summed E-state index contributed by atoms with van der Waals surface area (Å²) < 4.78 is 27.6. The summed E-state index contributed by atoms with van der Waals surface area (Å²) in [6.07, 6.45) is 1.64. The Labute approximate surface area is 125 Å². The Bertz CT molecular complexity index is 705. The van der Waals surface area contributed by atoms with Gasteiger partial charge in [-0.05, 0) is 49.2 Å². The lowest BCUT2D eigenvalue weighted by atomic mass is 10.1. The molecule has 1 aromatic heterocycles. The van der Waals surface area contributed by atoms with Crippen LogP contribution in [0, 0.1) is 13.8 Å². The van der Waals surface area contributed by atoms with Gasteiger partial charge >= 0.3 is 0 Å². The van der Waals surface area contributed by atoms with Crippen LogP contribution in [-0.4, -0.2) is 20.4 Å². The predicted octanol–water partition coefficient (Wildman–Crippen LogP) is 2.22. The van der Waals surface area contributed by atoms with Gasteiger partial charge in [-0.15, -0.1) is 0 Å². The number of aryl methyl sites for hydroxylation is 2. The number of anilines is 1. The van der Waals surface area contributed by atoms with Crippen LogP contribution in [0.25, 0.3) is 0 Å². The average Bonchev–Trinajstić information content (AvgIpc) is 2.45. The third kappa shape index (κ3) is 3.59. The largest absolute Gasteiger partial charge is 0.388 e. The van der Waals surface area contributed by atoms with Gasteiger partial charge in [-0.25, -0.2) is 13.1 Å². The lowest BCUT2D eigenvalue weighted by Crippen LogP contribution is -2.25. The van der Waals surface area contributed by atoms with E-state index in [2.05, 4.69) is 15.0 Å². The molecule has 21 heavy (non-hydrogen) atoms. The molecule has 2 rings (SSSR count). The normalized spacial score (nSPS) is 11.4. The first-order valence-electron chi connectivity index (χ1n) is 6.62. The molecule has 0 aliphatic rings. The van der Waals surface area contributed by atoms with Crippen LogP contribution in [0.5, 0.6) is 0 Å². The molecule has 0 radical (unpaired) electrons. The highest BCUT2D eigenvalue weighted by Crippen LogP contribution is 2.24. The van der Waals surface area contributed by atoms with Crippen LogP contribution in [0.3, 0.4) is 0 Å². The number of hydrogen-bond donors (Lipinski definition) is 2. The second-order valence-corrected chi connectivity index (χ2v) is 6.54. The lowest BCUT2D eigenvalue weighted by molar-refractivity contribution is 0.579. The van der Waals surface area contributed by atoms with E-state index >= 15 is 0 Å². The van der Waals surface area contributed by atoms with Gasteiger partial charge in [0.15, 0.2) is 0 Å². The van der Waals surface area contributed by atoms with Crippen LogP contribution >= 0.6 is 0 Å². The molecule has 1 aromatic carbocycles. The molecule has 0 unspecified atom stereocenters. The fourth-order valence-electron chi connectivity index (χ4n) is 2.26. The van der Waals surface area contributed by atoms with E-state index in [4.69, 9.17) is 0 Å². The summed E-state index contributed by atoms with van der Waals surface area (Å²) in [6, 6.07) is 9.05. The number of aromatic nitrogens is 1. The van der Waals surface area contributed by atoms with Crippen LogP contribution in [0.15, 0.2) is 41.4 Å². The molecule has 0 spiro atoms. The second-order valence-electron chi connectivity index (χ2n) is 4.83. The van der Waals surface area contributed by atoms with E-state index in [0.29, 0.717) is 21.7 Å². The highest BCUT2D eigenvalue weighted by molar-refractivity contribution is 7.89. The standard InChI is InChI=1S/C15H19N3O2S/c1-11-8-14(16-3)9-12(2)15(11)21(19,20)18-10-13-6-4-5-7-17-13/h4-9,16,18H,10H2,1-3H3. The van der Waals surface area contributed by atoms with E-state index < -0.39 is 10.0 Å². The van der Waals surface area contributed by atoms with Gasteiger partial charge in [0.05, 0.1) is 17.1 Å². The zero-order valence-corrected chi connectivity index (χ0v) is 13.2. The van der Waals surface area contributed by atoms with E-state index in [1.54, 1.807) is 32.2 Å². The van der Waals surface area contributed by atoms with E-state index in [0.717, 1.165) is 5.69 Å². The average molecular weight is 305 g/mol. The third-order valence-corrected chi connectivity index (χ3v) is 4.89. The topological polar surface area (TPSA) is 71.1 Å². The van der Waals surface area contributed by atoms with Crippen molar-refractivity contribution in [1.82, 2.24) is 9.71 Å². The molecule has 0 saturated carbocycles. The molecule has 0 aliphatic heterocycles. The zero-order valence-electron chi connectivity index (χ0n) is 12.3. The number of nitrogens with zero attached hydrogens (tertiary/aromatic N) is 1. The van der Waals surface area contributed by atoms with Gasteiger partial charge in [0.25, 0.3) is 0 Å². The maximum Gasteiger partial charge on any atom is 0.241 e. The molecule has 0 atom stereocenters. The first-order valence-corrected chi connectivity index (χ1v) is 8.11. The molecular formula is C15H19N3O2S. The Kier molecular flexibility index (Phi) is 4.59. The smallest absolute Gasteiger partial charge is 0.241 e. The summed E-state index contributed by atoms with van der Waals surface area (Å²) >= 11 is 0. The molecule has 0 fully saturated rings. The number of sulfonamides is 1. The number of nitrogens with one attached hydrogen (secondary N) is 2. The van der Waals surface area contributed by atoms with E-state index in [9.17, 15) is 8.42 Å². The van der Waals surface area contributed by atoms with Crippen molar-refractivity contribution in [1.29, 1.82) is 0 Å². The second kappa shape index (κ2) is 6.24. The van der Waals surface area contributed by atoms with Crippen LogP contribution in [0.2, 0.25) is 0 Å². The minimum absolute atomic E-state index is 0.176. The summed E-state index contributed by atoms with van der Waals surface area (Å²) in [4.78, 5) is 4.44. The molecule has 0 aliphatic carbocycles. The maximum absolute atomic E-state index is 12.5. The monoisotopic (exact) mass is 305 g/mol. The first-order chi connectivity index (χ1) is 9.94. The van der Waals surface area contributed by atoms with Crippen molar-refractivity contribution < 1.29 is 8.42 Å². The highest BCUT2D eigenvalue weighted by Gasteiger charge is 2.20. The van der Waals surface area contributed by atoms with Crippen LogP contribution < -0.4 is 10.0 Å². The summed E-state index contributed by atoms with van der Waals surface area (Å²) in [7, 11) is -1.76. The minimum atomic E-state index is -3.56. The summed E-state index contributed by atoms with van der Waals surface area (Å²) in [6.45, 7) is 3.77. The molecule has 1 heterocycles. The van der Waals surface area contributed by atoms with Crippen molar-refractivity contribution in [2.24, 2.45) is 0 Å². The van der Waals surface area contributed by atoms with Gasteiger partial charge in [-0.2, -0.15) is 0 Å². The summed E-state index contributed by atoms with van der Waals surface area (Å²) in [5.41, 5.74) is 3.01. The molecule has 0 saturated heterocycles. The maximum atomic E-state index is 12.5. The Morgan fingerprint density at radius 1 is 1.14 bits per heavy atom. The number of hydrogen-bond acceptors (Lipinski definition) is 4. The molecule has 2 N–H and O–H groups in total. The Morgan fingerprint density at radius 2 is 1.81 bits per heavy atom. The molecule has 5 nitrogen and oxygen atoms in total. The summed E-state index contributed by atoms with van der Waals surface area (Å²) in [5, 5.41) is 3.02. The molecule has 0 amide bonds. The van der Waals surface area contributed by atoms with E-state index in [1.807, 2.05) is 25.2 Å². The number of rotatable bonds is 5. The predicted molar refractivity (Wildman–Crippen MR) is 83.7 cm³/mol. The van der Waals surface area contributed by atoms with Gasteiger partial charge in [0.2, 0.25) is 10.0 Å². The van der Waals surface area contributed by atoms with Gasteiger partial charge in [-0.1, -0.05) is 6.07 Å². The van der Waals surface area contributed by atoms with E-state index in [-0.39, 0.29) is 6.54 Å². The SMILES string of the molecule is CNc1cc(C)c(S(=O)(=O)NCc2ccccn2)c(C)c1. The molecule has 0 bridgehead atoms. The van der Waals surface area contributed by atoms with Crippen LogP contribution in [0.1, 0.15) is 16.8 Å².